The molecule has 0 spiro atoms. The Morgan fingerprint density at radius 2 is 1.82 bits per heavy atom. The highest BCUT2D eigenvalue weighted by molar-refractivity contribution is 5.88. The average Bonchev–Trinajstić information content (AvgIpc) is 3.20. The first-order chi connectivity index (χ1) is 17.6. The number of fused-ring (bicyclic) bond motifs is 6. The molecular weight excluding hydrogens is 556 g/mol. The van der Waals surface area contributed by atoms with Crippen molar-refractivity contribution in [3.05, 3.63) is 65.2 Å². The number of aromatic nitrogens is 2. The summed E-state index contributed by atoms with van der Waals surface area (Å²) in [5.41, 5.74) is 5.61. The van der Waals surface area contributed by atoms with E-state index in [0.717, 1.165) is 71.4 Å². The van der Waals surface area contributed by atoms with E-state index in [1.807, 2.05) is 31.2 Å². The second kappa shape index (κ2) is 12.9. The molecule has 0 saturated heterocycles. The normalized spacial score (nSPS) is 19.5. The van der Waals surface area contributed by atoms with Crippen LogP contribution in [0.5, 0.6) is 11.5 Å². The Bertz CT molecular complexity index is 1460. The van der Waals surface area contributed by atoms with Gasteiger partial charge in [-0.05, 0) is 93.0 Å². The summed E-state index contributed by atoms with van der Waals surface area (Å²) in [6.45, 7) is 4.49. The second-order valence-corrected chi connectivity index (χ2v) is 10.9. The maximum atomic E-state index is 14.0. The lowest BCUT2D eigenvalue weighted by molar-refractivity contribution is 0.0220. The van der Waals surface area contributed by atoms with E-state index in [-0.39, 0.29) is 47.7 Å². The minimum atomic E-state index is -0.157. The van der Waals surface area contributed by atoms with Gasteiger partial charge in [-0.25, -0.2) is 4.39 Å². The van der Waals surface area contributed by atoms with Crippen LogP contribution in [0.3, 0.4) is 0 Å². The Hall–Kier alpha value is -2.62. The van der Waals surface area contributed by atoms with Crippen molar-refractivity contribution in [1.82, 2.24) is 14.9 Å². The molecule has 0 amide bonds. The minimum Gasteiger partial charge on any atom is -0.486 e. The fourth-order valence-electron chi connectivity index (χ4n) is 6.30. The summed E-state index contributed by atoms with van der Waals surface area (Å²) in [6, 6.07) is 13.9. The van der Waals surface area contributed by atoms with Crippen molar-refractivity contribution in [2.45, 2.75) is 57.6 Å². The molecule has 1 fully saturated rings. The lowest BCUT2D eigenvalue weighted by Gasteiger charge is -2.42. The van der Waals surface area contributed by atoms with Crippen molar-refractivity contribution < 1.29 is 24.8 Å². The van der Waals surface area contributed by atoms with E-state index in [1.165, 1.54) is 30.5 Å². The maximum absolute atomic E-state index is 14.0. The molecule has 2 aliphatic carbocycles. The number of rotatable bonds is 5. The molecule has 0 unspecified atom stereocenters. The van der Waals surface area contributed by atoms with Gasteiger partial charge in [0.15, 0.2) is 11.5 Å². The smallest absolute Gasteiger partial charge is 0.171 e. The van der Waals surface area contributed by atoms with Gasteiger partial charge in [-0.1, -0.05) is 6.42 Å². The molecular formula is C30H38Cl2FN3O4. The number of hydrogen-bond donors (Lipinski definition) is 1. The second-order valence-electron chi connectivity index (χ2n) is 10.9. The summed E-state index contributed by atoms with van der Waals surface area (Å²) in [5.74, 6) is 2.04. The van der Waals surface area contributed by atoms with E-state index in [2.05, 4.69) is 20.9 Å². The highest BCUT2D eigenvalue weighted by atomic mass is 35.5. The number of nitrogens with zero attached hydrogens (tertiary/aromatic N) is 2. The van der Waals surface area contributed by atoms with Crippen molar-refractivity contribution in [2.75, 3.05) is 19.7 Å². The highest BCUT2D eigenvalue weighted by Gasteiger charge is 2.33. The SMILES string of the molecule is Cc1ccc2c3c(ccc2n1)OC[C@H](CN(C[C@@H]1CCc2[nH]c4ccc(F)cc4c2C1)C1CCC1)O3.Cl.Cl.O.O. The molecule has 5 N–H and O–H groups in total. The Morgan fingerprint density at radius 3 is 2.60 bits per heavy atom. The van der Waals surface area contributed by atoms with Gasteiger partial charge in [0.2, 0.25) is 0 Å². The van der Waals surface area contributed by atoms with Gasteiger partial charge >= 0.3 is 0 Å². The number of hydrogen-bond acceptors (Lipinski definition) is 4. The summed E-state index contributed by atoms with van der Waals surface area (Å²) >= 11 is 0. The van der Waals surface area contributed by atoms with Crippen LogP contribution in [-0.2, 0) is 12.8 Å². The number of halogens is 3. The summed E-state index contributed by atoms with van der Waals surface area (Å²) < 4.78 is 26.7. The summed E-state index contributed by atoms with van der Waals surface area (Å²) in [6.07, 6.45) is 7.00. The average molecular weight is 595 g/mol. The largest absolute Gasteiger partial charge is 0.486 e. The molecule has 7 nitrogen and oxygen atoms in total. The fraction of sp³-hybridized carbons (Fsp3) is 0.433. The van der Waals surface area contributed by atoms with Crippen molar-refractivity contribution in [1.29, 1.82) is 0 Å². The first kappa shape index (κ1) is 31.9. The topological polar surface area (TPSA) is 113 Å². The molecule has 0 bridgehead atoms. The molecule has 1 aliphatic heterocycles. The predicted molar refractivity (Wildman–Crippen MR) is 161 cm³/mol. The monoisotopic (exact) mass is 593 g/mol. The van der Waals surface area contributed by atoms with Crippen LogP contribution in [0.4, 0.5) is 4.39 Å². The number of aromatic amines is 1. The molecule has 2 atom stereocenters. The van der Waals surface area contributed by atoms with Crippen LogP contribution in [0.15, 0.2) is 42.5 Å². The zero-order chi connectivity index (χ0) is 24.2. The number of nitrogens with one attached hydrogen (secondary N) is 1. The van der Waals surface area contributed by atoms with E-state index in [9.17, 15) is 4.39 Å². The van der Waals surface area contributed by atoms with Gasteiger partial charge < -0.3 is 25.4 Å². The van der Waals surface area contributed by atoms with E-state index >= 15 is 0 Å². The standard InChI is InChI=1S/C30H32FN3O2.2ClH.2H2O/c1-18-5-8-23-26(32-18)11-12-29-30(23)36-22(17-35-29)16-34(21-3-2-4-21)15-19-6-9-27-24(13-19)25-14-20(31)7-10-28(25)33-27;;;;/h5,7-8,10-12,14,19,21-22,33H,2-4,6,9,13,15-17H2,1H3;2*1H;2*1H2/t19-,22+;;;;/m1..../s1. The third kappa shape index (κ3) is 5.87. The van der Waals surface area contributed by atoms with E-state index in [0.29, 0.717) is 18.6 Å². The van der Waals surface area contributed by atoms with Crippen molar-refractivity contribution in [2.24, 2.45) is 5.92 Å². The summed E-state index contributed by atoms with van der Waals surface area (Å²) in [7, 11) is 0. The molecule has 3 aliphatic rings. The van der Waals surface area contributed by atoms with Crippen molar-refractivity contribution in [3.63, 3.8) is 0 Å². The van der Waals surface area contributed by atoms with Crippen LogP contribution in [0.1, 0.15) is 42.6 Å². The van der Waals surface area contributed by atoms with Gasteiger partial charge in [0.25, 0.3) is 0 Å². The lowest BCUT2D eigenvalue weighted by atomic mass is 9.84. The molecule has 3 heterocycles. The lowest BCUT2D eigenvalue weighted by Crippen LogP contribution is -2.50. The van der Waals surface area contributed by atoms with Gasteiger partial charge in [-0.3, -0.25) is 9.88 Å². The van der Waals surface area contributed by atoms with Crippen LogP contribution in [0, 0.1) is 18.7 Å². The first-order valence-electron chi connectivity index (χ1n) is 13.3. The van der Waals surface area contributed by atoms with Gasteiger partial charge in [0.1, 0.15) is 18.5 Å². The fourth-order valence-corrected chi connectivity index (χ4v) is 6.30. The molecule has 218 valence electrons. The predicted octanol–water partition coefficient (Wildman–Crippen LogP) is 5.16. The number of ether oxygens (including phenoxy) is 2. The van der Waals surface area contributed by atoms with Gasteiger partial charge in [0, 0.05) is 46.8 Å². The van der Waals surface area contributed by atoms with Crippen LogP contribution < -0.4 is 9.47 Å². The zero-order valence-corrected chi connectivity index (χ0v) is 24.2. The van der Waals surface area contributed by atoms with E-state index < -0.39 is 0 Å². The number of aryl methyl sites for hydroxylation is 2. The van der Waals surface area contributed by atoms with Crippen LogP contribution in [0.25, 0.3) is 21.8 Å². The number of H-pyrrole nitrogens is 1. The highest BCUT2D eigenvalue weighted by Crippen LogP contribution is 2.39. The van der Waals surface area contributed by atoms with Crippen molar-refractivity contribution in [3.8, 4) is 11.5 Å². The quantitative estimate of drug-likeness (QED) is 0.344. The molecule has 1 saturated carbocycles. The first-order valence-corrected chi connectivity index (χ1v) is 13.3. The van der Waals surface area contributed by atoms with Gasteiger partial charge in [-0.15, -0.1) is 24.8 Å². The Morgan fingerprint density at radius 1 is 1.00 bits per heavy atom. The number of benzene rings is 2. The molecule has 2 aromatic carbocycles. The van der Waals surface area contributed by atoms with Crippen LogP contribution in [-0.4, -0.2) is 57.7 Å². The Kier molecular flexibility index (Phi) is 10.3. The van der Waals surface area contributed by atoms with Crippen LogP contribution in [0.2, 0.25) is 0 Å². The minimum absolute atomic E-state index is 0. The summed E-state index contributed by atoms with van der Waals surface area (Å²) in [4.78, 5) is 10.9. The van der Waals surface area contributed by atoms with E-state index in [1.54, 1.807) is 12.1 Å². The van der Waals surface area contributed by atoms with Crippen LogP contribution >= 0.6 is 24.8 Å². The molecule has 7 rings (SSSR count). The molecule has 2 aromatic heterocycles. The van der Waals surface area contributed by atoms with E-state index in [4.69, 9.17) is 9.47 Å². The van der Waals surface area contributed by atoms with Crippen molar-refractivity contribution >= 4 is 46.6 Å². The Balaban J connectivity index is 0.00000110. The Labute approximate surface area is 245 Å². The molecule has 10 heteroatoms. The molecule has 40 heavy (non-hydrogen) atoms. The number of pyridine rings is 1. The third-order valence-electron chi connectivity index (χ3n) is 8.41. The zero-order valence-electron chi connectivity index (χ0n) is 22.5. The molecule has 0 radical (unpaired) electrons. The third-order valence-corrected chi connectivity index (χ3v) is 8.41. The van der Waals surface area contributed by atoms with Gasteiger partial charge in [-0.2, -0.15) is 0 Å². The molecule has 4 aromatic rings. The summed E-state index contributed by atoms with van der Waals surface area (Å²) in [5, 5.41) is 2.07. The van der Waals surface area contributed by atoms with Gasteiger partial charge in [0.05, 0.1) is 5.52 Å². The maximum Gasteiger partial charge on any atom is 0.171 e.